The lowest BCUT2D eigenvalue weighted by molar-refractivity contribution is 0.196. The summed E-state index contributed by atoms with van der Waals surface area (Å²) in [6, 6.07) is 4.09. The van der Waals surface area contributed by atoms with Gasteiger partial charge in [-0.15, -0.1) is 11.3 Å². The normalized spacial score (nSPS) is 13.9. The molecule has 2 unspecified atom stereocenters. The van der Waals surface area contributed by atoms with Crippen LogP contribution >= 0.6 is 23.1 Å². The van der Waals surface area contributed by atoms with Crippen LogP contribution in [-0.2, 0) is 5.75 Å². The second-order valence-corrected chi connectivity index (χ2v) is 6.33. The van der Waals surface area contributed by atoms with Gasteiger partial charge in [0.2, 0.25) is 0 Å². The van der Waals surface area contributed by atoms with Crippen molar-refractivity contribution >= 4 is 23.1 Å². The second-order valence-electron chi connectivity index (χ2n) is 3.80. The fraction of sp³-hybridized carbons (Fsp3) is 0.538. The first-order chi connectivity index (χ1) is 8.13. The minimum atomic E-state index is -0.274. The van der Waals surface area contributed by atoms with Crippen molar-refractivity contribution in [1.29, 1.82) is 0 Å². The Balaban J connectivity index is 2.44. The molecule has 94 valence electrons. The lowest BCUT2D eigenvalue weighted by atomic mass is 10.3. The van der Waals surface area contributed by atoms with E-state index in [1.807, 2.05) is 19.9 Å². The van der Waals surface area contributed by atoms with Gasteiger partial charge in [0.15, 0.2) is 0 Å². The number of hydrogen-bond acceptors (Lipinski definition) is 4. The first-order valence-corrected chi connectivity index (χ1v) is 7.48. The fourth-order valence-electron chi connectivity index (χ4n) is 1.08. The molecule has 0 saturated heterocycles. The van der Waals surface area contributed by atoms with E-state index in [4.69, 9.17) is 5.11 Å². The third-order valence-corrected chi connectivity index (χ3v) is 4.86. The molecule has 1 heterocycles. The lowest BCUT2D eigenvalue weighted by Crippen LogP contribution is -2.15. The highest BCUT2D eigenvalue weighted by atomic mass is 32.2. The van der Waals surface area contributed by atoms with Crippen molar-refractivity contribution in [2.24, 2.45) is 0 Å². The summed E-state index contributed by atoms with van der Waals surface area (Å²) in [7, 11) is 0. The highest BCUT2D eigenvalue weighted by Gasteiger charge is 2.09. The molecule has 0 aromatic carbocycles. The van der Waals surface area contributed by atoms with Crippen molar-refractivity contribution in [3.05, 3.63) is 21.9 Å². The van der Waals surface area contributed by atoms with E-state index in [0.717, 1.165) is 10.6 Å². The number of thioether (sulfide) groups is 1. The Labute approximate surface area is 111 Å². The van der Waals surface area contributed by atoms with Gasteiger partial charge in [0.1, 0.15) is 0 Å². The molecule has 0 spiro atoms. The highest BCUT2D eigenvalue weighted by molar-refractivity contribution is 7.99. The van der Waals surface area contributed by atoms with E-state index >= 15 is 0 Å². The molecule has 0 aliphatic carbocycles. The molecule has 0 amide bonds. The lowest BCUT2D eigenvalue weighted by Gasteiger charge is -2.12. The first-order valence-electron chi connectivity index (χ1n) is 5.61. The zero-order valence-electron chi connectivity index (χ0n) is 10.1. The zero-order chi connectivity index (χ0) is 12.7. The Morgan fingerprint density at radius 3 is 2.82 bits per heavy atom. The molecule has 1 aromatic rings. The van der Waals surface area contributed by atoms with Gasteiger partial charge >= 0.3 is 0 Å². The molecule has 0 radical (unpaired) electrons. The molecule has 1 rings (SSSR count). The van der Waals surface area contributed by atoms with Crippen LogP contribution < -0.4 is 0 Å². The largest absolute Gasteiger partial charge is 0.395 e. The van der Waals surface area contributed by atoms with Gasteiger partial charge in [-0.2, -0.15) is 11.8 Å². The summed E-state index contributed by atoms with van der Waals surface area (Å²) < 4.78 is 0. The summed E-state index contributed by atoms with van der Waals surface area (Å²) in [5.41, 5.74) is 0. The maximum Gasteiger partial charge on any atom is 0.0771 e. The predicted octanol–water partition coefficient (Wildman–Crippen LogP) is 2.48. The standard InChI is InChI=1S/C13H18O2S2/c1-10(15)11(2)16-9-13-7-6-12(17-13)5-3-4-8-14/h6-7,10-11,14-15H,4,8-9H2,1-2H3. The van der Waals surface area contributed by atoms with Crippen LogP contribution in [0, 0.1) is 11.8 Å². The van der Waals surface area contributed by atoms with Gasteiger partial charge in [-0.25, -0.2) is 0 Å². The number of hydrogen-bond donors (Lipinski definition) is 2. The molecule has 4 heteroatoms. The van der Waals surface area contributed by atoms with Crippen molar-refractivity contribution in [1.82, 2.24) is 0 Å². The Kier molecular flexibility index (Phi) is 6.68. The molecule has 17 heavy (non-hydrogen) atoms. The van der Waals surface area contributed by atoms with Crippen LogP contribution in [0.1, 0.15) is 30.0 Å². The summed E-state index contributed by atoms with van der Waals surface area (Å²) >= 11 is 3.43. The monoisotopic (exact) mass is 270 g/mol. The summed E-state index contributed by atoms with van der Waals surface area (Å²) in [5, 5.41) is 18.3. The number of aliphatic hydroxyl groups is 2. The Hall–Kier alpha value is -0.470. The fourth-order valence-corrected chi connectivity index (χ4v) is 3.00. The van der Waals surface area contributed by atoms with Crippen molar-refractivity contribution in [2.45, 2.75) is 37.4 Å². The molecule has 0 aliphatic rings. The van der Waals surface area contributed by atoms with E-state index in [9.17, 15) is 5.11 Å². The van der Waals surface area contributed by atoms with E-state index in [1.54, 1.807) is 23.1 Å². The van der Waals surface area contributed by atoms with Crippen molar-refractivity contribution in [3.63, 3.8) is 0 Å². The number of aliphatic hydroxyl groups excluding tert-OH is 2. The Morgan fingerprint density at radius 2 is 2.18 bits per heavy atom. The average molecular weight is 270 g/mol. The minimum absolute atomic E-state index is 0.118. The van der Waals surface area contributed by atoms with Gasteiger partial charge in [0, 0.05) is 22.3 Å². The molecule has 2 nitrogen and oxygen atoms in total. The smallest absolute Gasteiger partial charge is 0.0771 e. The molecule has 2 N–H and O–H groups in total. The van der Waals surface area contributed by atoms with E-state index < -0.39 is 0 Å². The summed E-state index contributed by atoms with van der Waals surface area (Å²) in [4.78, 5) is 2.31. The summed E-state index contributed by atoms with van der Waals surface area (Å²) in [6.07, 6.45) is 0.255. The topological polar surface area (TPSA) is 40.5 Å². The van der Waals surface area contributed by atoms with Crippen LogP contribution in [0.15, 0.2) is 12.1 Å². The molecule has 2 atom stereocenters. The molecule has 0 fully saturated rings. The minimum Gasteiger partial charge on any atom is -0.395 e. The van der Waals surface area contributed by atoms with E-state index in [-0.39, 0.29) is 18.0 Å². The van der Waals surface area contributed by atoms with E-state index in [0.29, 0.717) is 6.42 Å². The summed E-state index contributed by atoms with van der Waals surface area (Å²) in [5.74, 6) is 6.85. The maximum atomic E-state index is 9.38. The number of rotatable bonds is 5. The second kappa shape index (κ2) is 7.78. The van der Waals surface area contributed by atoms with Crippen LogP contribution in [0.2, 0.25) is 0 Å². The molecule has 0 bridgehead atoms. The molecule has 0 aliphatic heterocycles. The van der Waals surface area contributed by atoms with Crippen LogP contribution in [0.25, 0.3) is 0 Å². The first kappa shape index (κ1) is 14.6. The molecule has 0 saturated carbocycles. The van der Waals surface area contributed by atoms with Gasteiger partial charge in [-0.3, -0.25) is 0 Å². The maximum absolute atomic E-state index is 9.38. The van der Waals surface area contributed by atoms with Gasteiger partial charge in [0.25, 0.3) is 0 Å². The third kappa shape index (κ3) is 5.60. The summed E-state index contributed by atoms with van der Waals surface area (Å²) in [6.45, 7) is 3.97. The Bertz CT molecular complexity index is 388. The van der Waals surface area contributed by atoms with Crippen molar-refractivity contribution < 1.29 is 10.2 Å². The van der Waals surface area contributed by atoms with Gasteiger partial charge < -0.3 is 10.2 Å². The zero-order valence-corrected chi connectivity index (χ0v) is 11.8. The predicted molar refractivity (Wildman–Crippen MR) is 75.3 cm³/mol. The van der Waals surface area contributed by atoms with Gasteiger partial charge in [-0.05, 0) is 19.1 Å². The van der Waals surface area contributed by atoms with Gasteiger partial charge in [0.05, 0.1) is 17.6 Å². The van der Waals surface area contributed by atoms with E-state index in [1.165, 1.54) is 4.88 Å². The van der Waals surface area contributed by atoms with Crippen LogP contribution in [0.5, 0.6) is 0 Å². The molecular formula is C13H18O2S2. The number of thiophene rings is 1. The molecular weight excluding hydrogens is 252 g/mol. The average Bonchev–Trinajstić information content (AvgIpc) is 2.74. The van der Waals surface area contributed by atoms with Crippen LogP contribution in [0.3, 0.4) is 0 Å². The van der Waals surface area contributed by atoms with Crippen LogP contribution in [-0.4, -0.2) is 28.2 Å². The SMILES string of the molecule is CC(O)C(C)SCc1ccc(C#CCCO)s1. The quantitative estimate of drug-likeness (QED) is 0.808. The Morgan fingerprint density at radius 1 is 1.41 bits per heavy atom. The van der Waals surface area contributed by atoms with E-state index in [2.05, 4.69) is 17.9 Å². The van der Waals surface area contributed by atoms with Crippen LogP contribution in [0.4, 0.5) is 0 Å². The van der Waals surface area contributed by atoms with Crippen molar-refractivity contribution in [3.8, 4) is 11.8 Å². The highest BCUT2D eigenvalue weighted by Crippen LogP contribution is 2.24. The van der Waals surface area contributed by atoms with Gasteiger partial charge in [-0.1, -0.05) is 18.8 Å². The molecule has 1 aromatic heterocycles. The van der Waals surface area contributed by atoms with Crippen molar-refractivity contribution in [2.75, 3.05) is 6.61 Å². The third-order valence-electron chi connectivity index (χ3n) is 2.28.